The minimum Gasteiger partial charge on any atom is -0.497 e. The lowest BCUT2D eigenvalue weighted by Gasteiger charge is -2.30. The summed E-state index contributed by atoms with van der Waals surface area (Å²) in [5, 5.41) is 7.00. The van der Waals surface area contributed by atoms with Gasteiger partial charge in [0.25, 0.3) is 5.91 Å². The van der Waals surface area contributed by atoms with Crippen LogP contribution in [-0.4, -0.2) is 56.1 Å². The molecule has 2 amide bonds. The lowest BCUT2D eigenvalue weighted by molar-refractivity contribution is -0.155. The monoisotopic (exact) mass is 413 g/mol. The van der Waals surface area contributed by atoms with Crippen molar-refractivity contribution in [1.82, 2.24) is 4.90 Å². The Kier molecular flexibility index (Phi) is 7.75. The summed E-state index contributed by atoms with van der Waals surface area (Å²) in [5.74, 6) is -1.21. The van der Waals surface area contributed by atoms with Crippen LogP contribution in [0, 0.1) is 0 Å². The number of rotatable bonds is 5. The van der Waals surface area contributed by atoms with Gasteiger partial charge in [-0.15, -0.1) is 0 Å². The normalized spacial score (nSPS) is 18.0. The molecule has 1 aromatic carbocycles. The lowest BCUT2D eigenvalue weighted by Crippen LogP contribution is -2.49. The van der Waals surface area contributed by atoms with E-state index < -0.39 is 40.0 Å². The molecular formula is C15H18F3NO7S. The maximum absolute atomic E-state index is 12.4. The first kappa shape index (κ1) is 22.9. The number of piperidine rings is 1. The highest BCUT2D eigenvalue weighted by Gasteiger charge is 2.50. The third kappa shape index (κ3) is 5.65. The van der Waals surface area contributed by atoms with E-state index in [-0.39, 0.29) is 13.0 Å². The fraction of sp³-hybridized carbons (Fsp3) is 0.467. The second kappa shape index (κ2) is 9.15. The van der Waals surface area contributed by atoms with E-state index in [0.717, 1.165) is 7.11 Å². The molecule has 1 fully saturated rings. The number of aliphatic hydroxyl groups excluding tert-OH is 1. The first-order valence-electron chi connectivity index (χ1n) is 7.46. The van der Waals surface area contributed by atoms with Crippen LogP contribution in [0.2, 0.25) is 0 Å². The van der Waals surface area contributed by atoms with Gasteiger partial charge >= 0.3 is 15.6 Å². The number of hydrogen-bond donors (Lipinski definition) is 1. The van der Waals surface area contributed by atoms with Crippen molar-refractivity contribution < 1.29 is 45.2 Å². The van der Waals surface area contributed by atoms with Crippen LogP contribution in [0.3, 0.4) is 0 Å². The van der Waals surface area contributed by atoms with E-state index in [2.05, 4.69) is 4.18 Å². The number of amides is 2. The Labute approximate surface area is 153 Å². The van der Waals surface area contributed by atoms with E-state index in [1.165, 1.54) is 7.11 Å². The van der Waals surface area contributed by atoms with Crippen LogP contribution in [0.5, 0.6) is 5.75 Å². The van der Waals surface area contributed by atoms with Crippen LogP contribution in [-0.2, 0) is 30.4 Å². The predicted octanol–water partition coefficient (Wildman–Crippen LogP) is 1.19. The number of likely N-dealkylation sites (tertiary alicyclic amines) is 1. The third-order valence-electron chi connectivity index (χ3n) is 3.49. The number of carbonyl (C=O) groups excluding carboxylic acids is 2. The molecule has 152 valence electrons. The maximum Gasteiger partial charge on any atom is 0.523 e. The molecule has 1 heterocycles. The van der Waals surface area contributed by atoms with Gasteiger partial charge in [0, 0.05) is 13.5 Å². The minimum absolute atomic E-state index is 0.215. The number of alkyl halides is 3. The molecule has 1 aliphatic rings. The topological polar surface area (TPSA) is 110 Å². The summed E-state index contributed by atoms with van der Waals surface area (Å²) < 4.78 is 68.3. The highest BCUT2D eigenvalue weighted by molar-refractivity contribution is 7.87. The number of imide groups is 1. The molecule has 8 nitrogen and oxygen atoms in total. The highest BCUT2D eigenvalue weighted by atomic mass is 32.2. The smallest absolute Gasteiger partial charge is 0.497 e. The van der Waals surface area contributed by atoms with Gasteiger partial charge in [0.2, 0.25) is 5.91 Å². The Balaban J connectivity index is 0.00000176. The number of aliphatic hydroxyl groups is 1. The Morgan fingerprint density at radius 1 is 1.19 bits per heavy atom. The molecule has 0 spiro atoms. The Morgan fingerprint density at radius 3 is 2.22 bits per heavy atom. The molecule has 2 rings (SSSR count). The van der Waals surface area contributed by atoms with Crippen molar-refractivity contribution in [2.24, 2.45) is 0 Å². The molecule has 1 N–H and O–H groups in total. The first-order valence-corrected chi connectivity index (χ1v) is 8.87. The zero-order valence-electron chi connectivity index (χ0n) is 14.4. The van der Waals surface area contributed by atoms with Crippen molar-refractivity contribution in [2.45, 2.75) is 31.0 Å². The molecule has 27 heavy (non-hydrogen) atoms. The zero-order chi connectivity index (χ0) is 20.8. The van der Waals surface area contributed by atoms with Crippen molar-refractivity contribution in [3.8, 4) is 5.75 Å². The molecule has 1 atom stereocenters. The molecule has 0 saturated carbocycles. The Bertz CT molecular complexity index is 763. The molecule has 1 unspecified atom stereocenters. The van der Waals surface area contributed by atoms with Gasteiger partial charge in [0.05, 0.1) is 13.7 Å². The lowest BCUT2D eigenvalue weighted by atomic mass is 10.1. The fourth-order valence-electron chi connectivity index (χ4n) is 2.19. The van der Waals surface area contributed by atoms with Crippen molar-refractivity contribution in [3.05, 3.63) is 29.8 Å². The molecule has 1 aliphatic heterocycles. The van der Waals surface area contributed by atoms with Gasteiger partial charge < -0.3 is 9.84 Å². The maximum atomic E-state index is 12.4. The van der Waals surface area contributed by atoms with Gasteiger partial charge in [-0.3, -0.25) is 14.5 Å². The van der Waals surface area contributed by atoms with Crippen LogP contribution in [0.15, 0.2) is 24.3 Å². The fourth-order valence-corrected chi connectivity index (χ4v) is 2.78. The standard InChI is InChI=1S/C14H14F3NO6S.CH4O/c1-23-10-4-2-9(3-5-10)8-18-12(19)7-6-11(13(18)20)24-25(21,22)14(15,16)17;1-2/h2-5,11H,6-8H2,1H3;2H,1H3. The zero-order valence-corrected chi connectivity index (χ0v) is 15.2. The number of methoxy groups -OCH3 is 1. The number of ether oxygens (including phenoxy) is 1. The number of halogens is 3. The Morgan fingerprint density at radius 2 is 1.74 bits per heavy atom. The molecule has 0 bridgehead atoms. The van der Waals surface area contributed by atoms with Gasteiger partial charge in [-0.25, -0.2) is 4.18 Å². The molecule has 1 aromatic rings. The highest BCUT2D eigenvalue weighted by Crippen LogP contribution is 2.29. The largest absolute Gasteiger partial charge is 0.523 e. The minimum atomic E-state index is -5.93. The quantitative estimate of drug-likeness (QED) is 0.439. The summed E-state index contributed by atoms with van der Waals surface area (Å²) >= 11 is 0. The van der Waals surface area contributed by atoms with E-state index in [4.69, 9.17) is 9.84 Å². The van der Waals surface area contributed by atoms with Crippen molar-refractivity contribution in [3.63, 3.8) is 0 Å². The predicted molar refractivity (Wildman–Crippen MR) is 85.8 cm³/mol. The summed E-state index contributed by atoms with van der Waals surface area (Å²) in [6.45, 7) is -0.215. The second-order valence-electron chi connectivity index (χ2n) is 5.19. The molecule has 12 heteroatoms. The summed E-state index contributed by atoms with van der Waals surface area (Å²) in [6.07, 6.45) is -2.63. The van der Waals surface area contributed by atoms with Crippen LogP contribution < -0.4 is 4.74 Å². The Hall–Kier alpha value is -2.18. The van der Waals surface area contributed by atoms with Crippen LogP contribution in [0.1, 0.15) is 18.4 Å². The second-order valence-corrected chi connectivity index (χ2v) is 6.75. The molecule has 0 aliphatic carbocycles. The third-order valence-corrected chi connectivity index (χ3v) is 4.54. The SMILES string of the molecule is CO.COc1ccc(CN2C(=O)CCC(OS(=O)(=O)C(F)(F)F)C2=O)cc1. The van der Waals surface area contributed by atoms with Gasteiger partial charge in [-0.2, -0.15) is 21.6 Å². The first-order chi connectivity index (χ1) is 12.5. The van der Waals surface area contributed by atoms with E-state index >= 15 is 0 Å². The molecular weight excluding hydrogens is 395 g/mol. The average Bonchev–Trinajstić information content (AvgIpc) is 2.62. The van der Waals surface area contributed by atoms with Crippen molar-refractivity contribution >= 4 is 21.9 Å². The van der Waals surface area contributed by atoms with Gasteiger partial charge in [-0.1, -0.05) is 12.1 Å². The van der Waals surface area contributed by atoms with Gasteiger partial charge in [0.15, 0.2) is 6.10 Å². The van der Waals surface area contributed by atoms with Gasteiger partial charge in [-0.05, 0) is 24.1 Å². The molecule has 0 radical (unpaired) electrons. The van der Waals surface area contributed by atoms with E-state index in [0.29, 0.717) is 16.2 Å². The van der Waals surface area contributed by atoms with Crippen LogP contribution >= 0.6 is 0 Å². The van der Waals surface area contributed by atoms with Crippen LogP contribution in [0.4, 0.5) is 13.2 Å². The van der Waals surface area contributed by atoms with Crippen molar-refractivity contribution in [1.29, 1.82) is 0 Å². The molecule has 0 aromatic heterocycles. The van der Waals surface area contributed by atoms with E-state index in [9.17, 15) is 31.2 Å². The number of carbonyl (C=O) groups is 2. The summed E-state index contributed by atoms with van der Waals surface area (Å²) in [7, 11) is -3.47. The number of hydrogen-bond acceptors (Lipinski definition) is 7. The van der Waals surface area contributed by atoms with Gasteiger partial charge in [0.1, 0.15) is 5.75 Å². The number of nitrogens with zero attached hydrogens (tertiary/aromatic N) is 1. The number of benzene rings is 1. The summed E-state index contributed by atoms with van der Waals surface area (Å²) in [4.78, 5) is 24.8. The van der Waals surface area contributed by atoms with E-state index in [1.54, 1.807) is 24.3 Å². The summed E-state index contributed by atoms with van der Waals surface area (Å²) in [6, 6.07) is 6.29. The van der Waals surface area contributed by atoms with Crippen LogP contribution in [0.25, 0.3) is 0 Å². The van der Waals surface area contributed by atoms with E-state index in [1.807, 2.05) is 0 Å². The van der Waals surface area contributed by atoms with Crippen molar-refractivity contribution in [2.75, 3.05) is 14.2 Å². The summed E-state index contributed by atoms with van der Waals surface area (Å²) in [5.41, 5.74) is -5.13. The molecule has 1 saturated heterocycles. The average molecular weight is 413 g/mol.